The number of rotatable bonds is 5. The van der Waals surface area contributed by atoms with E-state index in [9.17, 15) is 14.7 Å². The Morgan fingerprint density at radius 2 is 2.04 bits per heavy atom. The lowest BCUT2D eigenvalue weighted by atomic mass is 10.1. The molecule has 0 radical (unpaired) electrons. The minimum Gasteiger partial charge on any atom is -0.495 e. The molecule has 0 saturated carbocycles. The van der Waals surface area contributed by atoms with Crippen LogP contribution in [0, 0.1) is 0 Å². The van der Waals surface area contributed by atoms with E-state index < -0.39 is 11.6 Å². The van der Waals surface area contributed by atoms with Gasteiger partial charge in [-0.25, -0.2) is 14.6 Å². The molecule has 0 atom stereocenters. The fourth-order valence-corrected chi connectivity index (χ4v) is 3.53. The zero-order chi connectivity index (χ0) is 19.7. The van der Waals surface area contributed by atoms with Gasteiger partial charge in [0, 0.05) is 10.8 Å². The van der Waals surface area contributed by atoms with Crippen LogP contribution in [0.25, 0.3) is 22.2 Å². The third kappa shape index (κ3) is 3.21. The highest BCUT2D eigenvalue weighted by Gasteiger charge is 2.16. The lowest BCUT2D eigenvalue weighted by molar-refractivity contribution is 0.0697. The number of thiazole rings is 1. The number of carbonyl (C=O) groups is 1. The fraction of sp³-hybridized carbons (Fsp3) is 0.0500. The number of carboxylic acids is 1. The van der Waals surface area contributed by atoms with Crippen LogP contribution in [-0.2, 0) is 0 Å². The first-order valence-electron chi connectivity index (χ1n) is 8.23. The van der Waals surface area contributed by atoms with Crippen LogP contribution in [0.3, 0.4) is 0 Å². The van der Waals surface area contributed by atoms with Gasteiger partial charge < -0.3 is 19.6 Å². The molecular formula is C20H14N2O5S. The molecule has 8 heteroatoms. The highest BCUT2D eigenvalue weighted by atomic mass is 32.1. The summed E-state index contributed by atoms with van der Waals surface area (Å²) >= 11 is 1.33. The lowest BCUT2D eigenvalue weighted by Gasteiger charge is -2.08. The quantitative estimate of drug-likeness (QED) is 0.485. The molecule has 0 unspecified atom stereocenters. The largest absolute Gasteiger partial charge is 0.495 e. The number of aromatic nitrogens is 1. The second-order valence-corrected chi connectivity index (χ2v) is 6.70. The number of ether oxygens (including phenoxy) is 1. The summed E-state index contributed by atoms with van der Waals surface area (Å²) < 4.78 is 10.6. The topological polar surface area (TPSA) is 102 Å². The first kappa shape index (κ1) is 17.7. The summed E-state index contributed by atoms with van der Waals surface area (Å²) in [6, 6.07) is 13.7. The molecule has 0 aliphatic rings. The van der Waals surface area contributed by atoms with Crippen LogP contribution in [0.5, 0.6) is 5.75 Å². The summed E-state index contributed by atoms with van der Waals surface area (Å²) in [5.74, 6) is -0.482. The van der Waals surface area contributed by atoms with Gasteiger partial charge in [0.1, 0.15) is 11.3 Å². The van der Waals surface area contributed by atoms with Gasteiger partial charge in [-0.15, -0.1) is 11.3 Å². The van der Waals surface area contributed by atoms with Crippen molar-refractivity contribution >= 4 is 39.1 Å². The Kier molecular flexibility index (Phi) is 4.54. The summed E-state index contributed by atoms with van der Waals surface area (Å²) in [5.41, 5.74) is 0.806. The van der Waals surface area contributed by atoms with Crippen molar-refractivity contribution in [1.82, 2.24) is 4.98 Å². The second-order valence-electron chi connectivity index (χ2n) is 5.84. The van der Waals surface area contributed by atoms with E-state index in [2.05, 4.69) is 10.3 Å². The van der Waals surface area contributed by atoms with Gasteiger partial charge in [-0.05, 0) is 24.3 Å². The zero-order valence-electron chi connectivity index (χ0n) is 14.6. The maximum Gasteiger partial charge on any atom is 0.345 e. The second kappa shape index (κ2) is 7.16. The number of benzene rings is 2. The van der Waals surface area contributed by atoms with E-state index in [1.165, 1.54) is 17.4 Å². The minimum atomic E-state index is -1.15. The van der Waals surface area contributed by atoms with E-state index in [0.717, 1.165) is 5.69 Å². The number of nitrogens with zero attached hydrogens (tertiary/aromatic N) is 1. The van der Waals surface area contributed by atoms with Crippen molar-refractivity contribution in [2.75, 3.05) is 12.4 Å². The van der Waals surface area contributed by atoms with Gasteiger partial charge in [-0.1, -0.05) is 24.3 Å². The molecule has 140 valence electrons. The molecule has 2 N–H and O–H groups in total. The van der Waals surface area contributed by atoms with Crippen LogP contribution in [0.1, 0.15) is 10.4 Å². The Morgan fingerprint density at radius 3 is 2.82 bits per heavy atom. The molecule has 0 bridgehead atoms. The van der Waals surface area contributed by atoms with E-state index in [1.807, 2.05) is 24.3 Å². The molecule has 0 saturated heterocycles. The van der Waals surface area contributed by atoms with Gasteiger partial charge in [-0.3, -0.25) is 0 Å². The van der Waals surface area contributed by atoms with Gasteiger partial charge in [0.05, 0.1) is 24.1 Å². The van der Waals surface area contributed by atoms with Crippen LogP contribution in [0.15, 0.2) is 63.1 Å². The van der Waals surface area contributed by atoms with Crippen LogP contribution in [0.4, 0.5) is 10.8 Å². The Balaban J connectivity index is 1.72. The smallest absolute Gasteiger partial charge is 0.345 e. The van der Waals surface area contributed by atoms with Gasteiger partial charge in [0.15, 0.2) is 10.7 Å². The fourth-order valence-electron chi connectivity index (χ4n) is 2.81. The number of hydrogen-bond donors (Lipinski definition) is 2. The molecule has 2 aromatic heterocycles. The average molecular weight is 394 g/mol. The lowest BCUT2D eigenvalue weighted by Crippen LogP contribution is -2.06. The molecule has 4 rings (SSSR count). The van der Waals surface area contributed by atoms with Crippen molar-refractivity contribution in [2.45, 2.75) is 0 Å². The van der Waals surface area contributed by atoms with Gasteiger partial charge in [0.2, 0.25) is 0 Å². The molecule has 0 aliphatic heterocycles. The van der Waals surface area contributed by atoms with Gasteiger partial charge in [-0.2, -0.15) is 0 Å². The summed E-state index contributed by atoms with van der Waals surface area (Å²) in [4.78, 5) is 28.2. The Labute approximate surface area is 162 Å². The average Bonchev–Trinajstić information content (AvgIpc) is 3.15. The molecule has 7 nitrogen and oxygen atoms in total. The molecular weight excluding hydrogens is 380 g/mol. The number of fused-ring (bicyclic) bond motifs is 1. The van der Waals surface area contributed by atoms with E-state index >= 15 is 0 Å². The number of para-hydroxylation sites is 3. The number of aromatic carboxylic acids is 1. The number of anilines is 2. The summed E-state index contributed by atoms with van der Waals surface area (Å²) in [6.45, 7) is 0. The molecule has 28 heavy (non-hydrogen) atoms. The number of nitrogens with one attached hydrogen (secondary N) is 1. The number of methoxy groups -OCH3 is 1. The molecule has 0 spiro atoms. The summed E-state index contributed by atoms with van der Waals surface area (Å²) in [6.07, 6.45) is 0. The maximum atomic E-state index is 12.4. The third-order valence-corrected chi connectivity index (χ3v) is 4.88. The SMILES string of the molecule is COc1ccccc1Nc1nc(-c2cc3cccc(C(=O)O)c3oc2=O)cs1. The van der Waals surface area contributed by atoms with E-state index in [1.54, 1.807) is 30.7 Å². The van der Waals surface area contributed by atoms with Crippen molar-refractivity contribution < 1.29 is 19.1 Å². The number of carboxylic acid groups (broad SMARTS) is 1. The van der Waals surface area contributed by atoms with Crippen LogP contribution < -0.4 is 15.7 Å². The normalized spacial score (nSPS) is 10.8. The molecule has 0 amide bonds. The van der Waals surface area contributed by atoms with Crippen LogP contribution in [-0.4, -0.2) is 23.2 Å². The third-order valence-electron chi connectivity index (χ3n) is 4.12. The predicted octanol–water partition coefficient (Wildman–Crippen LogP) is 4.37. The van der Waals surface area contributed by atoms with Crippen LogP contribution >= 0.6 is 11.3 Å². The predicted molar refractivity (Wildman–Crippen MR) is 107 cm³/mol. The minimum absolute atomic E-state index is 0.0475. The van der Waals surface area contributed by atoms with Crippen LogP contribution in [0.2, 0.25) is 0 Å². The first-order valence-corrected chi connectivity index (χ1v) is 9.11. The first-order chi connectivity index (χ1) is 13.6. The molecule has 0 aliphatic carbocycles. The Bertz CT molecular complexity index is 1240. The monoisotopic (exact) mass is 394 g/mol. The summed E-state index contributed by atoms with van der Waals surface area (Å²) in [7, 11) is 1.58. The van der Waals surface area contributed by atoms with E-state index in [-0.39, 0.29) is 16.7 Å². The van der Waals surface area contributed by atoms with E-state index in [4.69, 9.17) is 9.15 Å². The molecule has 2 heterocycles. The maximum absolute atomic E-state index is 12.4. The van der Waals surface area contributed by atoms with Crippen molar-refractivity contribution in [1.29, 1.82) is 0 Å². The molecule has 0 fully saturated rings. The van der Waals surface area contributed by atoms with E-state index in [0.29, 0.717) is 22.0 Å². The standard InChI is InChI=1S/C20H14N2O5S/c1-26-16-8-3-2-7-14(16)21-20-22-15(10-28-20)13-9-11-5-4-6-12(18(23)24)17(11)27-19(13)25/h2-10H,1H3,(H,21,22)(H,23,24). The van der Waals surface area contributed by atoms with Crippen molar-refractivity contribution in [3.63, 3.8) is 0 Å². The highest BCUT2D eigenvalue weighted by Crippen LogP contribution is 2.31. The van der Waals surface area contributed by atoms with Crippen molar-refractivity contribution in [3.8, 4) is 17.0 Å². The Hall–Kier alpha value is -3.65. The van der Waals surface area contributed by atoms with Gasteiger partial charge in [0.25, 0.3) is 0 Å². The number of hydrogen-bond acceptors (Lipinski definition) is 7. The molecule has 2 aromatic carbocycles. The highest BCUT2D eigenvalue weighted by molar-refractivity contribution is 7.14. The van der Waals surface area contributed by atoms with Crippen molar-refractivity contribution in [3.05, 3.63) is 69.9 Å². The van der Waals surface area contributed by atoms with Gasteiger partial charge >= 0.3 is 11.6 Å². The summed E-state index contributed by atoms with van der Waals surface area (Å²) in [5, 5.41) is 15.3. The Morgan fingerprint density at radius 1 is 1.21 bits per heavy atom. The molecule has 4 aromatic rings. The van der Waals surface area contributed by atoms with Crippen molar-refractivity contribution in [2.24, 2.45) is 0 Å². The zero-order valence-corrected chi connectivity index (χ0v) is 15.4.